The van der Waals surface area contributed by atoms with Gasteiger partial charge in [-0.2, -0.15) is 0 Å². The Morgan fingerprint density at radius 3 is 1.72 bits per heavy atom. The van der Waals surface area contributed by atoms with Gasteiger partial charge < -0.3 is 0 Å². The van der Waals surface area contributed by atoms with Crippen LogP contribution in [0.15, 0.2) is 84.9 Å². The normalized spacial score (nSPS) is 12.6. The number of hydrogen-bond donors (Lipinski definition) is 0. The van der Waals surface area contributed by atoms with Crippen LogP contribution in [0.25, 0.3) is 0 Å². The van der Waals surface area contributed by atoms with Crippen LogP contribution in [0.3, 0.4) is 0 Å². The molecule has 0 fully saturated rings. The minimum Gasteiger partial charge on any atom is -0.293 e. The van der Waals surface area contributed by atoms with Gasteiger partial charge in [-0.25, -0.2) is 4.39 Å². The molecule has 1 nitrogen and oxygen atoms in total. The molecule has 0 N–H and O–H groups in total. The summed E-state index contributed by atoms with van der Waals surface area (Å²) in [6.45, 7) is 1.90. The van der Waals surface area contributed by atoms with Crippen LogP contribution < -0.4 is 10.6 Å². The molecule has 0 amide bonds. The largest absolute Gasteiger partial charge is 0.293 e. The maximum absolute atomic E-state index is 13.2. The summed E-state index contributed by atoms with van der Waals surface area (Å²) in [5.74, 6) is -0.397. The van der Waals surface area contributed by atoms with Crippen LogP contribution in [0.1, 0.15) is 17.3 Å². The van der Waals surface area contributed by atoms with Crippen molar-refractivity contribution in [3.8, 4) is 0 Å². The lowest BCUT2D eigenvalue weighted by Gasteiger charge is -2.29. The van der Waals surface area contributed by atoms with Gasteiger partial charge in [0.2, 0.25) is 0 Å². The van der Waals surface area contributed by atoms with Crippen molar-refractivity contribution in [3.05, 3.63) is 96.3 Å². The Bertz CT molecular complexity index is 864. The van der Waals surface area contributed by atoms with Gasteiger partial charge in [0.15, 0.2) is 5.78 Å². The molecular weight excluding hydrogens is 350 g/mol. The number of halogens is 1. The first-order chi connectivity index (χ1) is 12.0. The first kappa shape index (κ1) is 17.7. The van der Waals surface area contributed by atoms with Gasteiger partial charge in [-0.3, -0.25) is 4.79 Å². The number of carbonyl (C=O) groups is 1. The minimum atomic E-state index is -2.36. The lowest BCUT2D eigenvalue weighted by atomic mass is 10.1. The second kappa shape index (κ2) is 7.43. The molecule has 0 radical (unpaired) electrons. The average molecular weight is 368 g/mol. The van der Waals surface area contributed by atoms with Crippen molar-refractivity contribution >= 4 is 34.2 Å². The summed E-state index contributed by atoms with van der Waals surface area (Å²) < 4.78 is 13.2. The minimum absolute atomic E-state index is 0.0453. The Morgan fingerprint density at radius 2 is 1.28 bits per heavy atom. The first-order valence-corrected chi connectivity index (χ1v) is 10.9. The monoisotopic (exact) mass is 368 g/mol. The van der Waals surface area contributed by atoms with Crippen LogP contribution >= 0.6 is 6.04 Å². The van der Waals surface area contributed by atoms with E-state index in [0.717, 1.165) is 10.6 Å². The standard InChI is InChI=1S/C21H18FOPS/c1-16(21(23)17-12-14-18(22)15-13-17)24(25,19-8-4-2-5-9-19)20-10-6-3-7-11-20/h2-16H,1H3. The fourth-order valence-electron chi connectivity index (χ4n) is 2.92. The summed E-state index contributed by atoms with van der Waals surface area (Å²) in [5.41, 5.74) is 0.118. The van der Waals surface area contributed by atoms with E-state index in [0.29, 0.717) is 5.56 Å². The summed E-state index contributed by atoms with van der Waals surface area (Å²) in [6, 6.07) is 23.0. The summed E-state index contributed by atoms with van der Waals surface area (Å²) in [4.78, 5) is 13.1. The molecule has 0 saturated heterocycles. The summed E-state index contributed by atoms with van der Waals surface area (Å²) >= 11 is 6.18. The Hall–Kier alpha value is -2.09. The molecule has 1 unspecified atom stereocenters. The molecule has 0 saturated carbocycles. The predicted octanol–water partition coefficient (Wildman–Crippen LogP) is 4.53. The highest BCUT2D eigenvalue weighted by atomic mass is 32.4. The van der Waals surface area contributed by atoms with Gasteiger partial charge in [0.05, 0.1) is 5.66 Å². The molecule has 0 aliphatic carbocycles. The van der Waals surface area contributed by atoms with E-state index in [1.807, 2.05) is 67.6 Å². The van der Waals surface area contributed by atoms with Gasteiger partial charge in [-0.15, -0.1) is 0 Å². The Labute approximate surface area is 152 Å². The van der Waals surface area contributed by atoms with E-state index in [1.54, 1.807) is 0 Å². The predicted molar refractivity (Wildman–Crippen MR) is 107 cm³/mol. The fourth-order valence-corrected chi connectivity index (χ4v) is 6.84. The van der Waals surface area contributed by atoms with Crippen LogP contribution in [-0.2, 0) is 11.8 Å². The van der Waals surface area contributed by atoms with Gasteiger partial charge in [-0.1, -0.05) is 72.5 Å². The van der Waals surface area contributed by atoms with Crippen molar-refractivity contribution in [3.63, 3.8) is 0 Å². The third-order valence-electron chi connectivity index (χ3n) is 4.33. The third kappa shape index (κ3) is 3.49. The van der Waals surface area contributed by atoms with Crippen molar-refractivity contribution < 1.29 is 9.18 Å². The highest BCUT2D eigenvalue weighted by molar-refractivity contribution is 8.22. The van der Waals surface area contributed by atoms with E-state index >= 15 is 0 Å². The van der Waals surface area contributed by atoms with Gasteiger partial charge in [0, 0.05) is 11.6 Å². The zero-order valence-corrected chi connectivity index (χ0v) is 15.5. The Balaban J connectivity index is 2.10. The van der Waals surface area contributed by atoms with Crippen LogP contribution in [-0.4, -0.2) is 11.4 Å². The van der Waals surface area contributed by atoms with Crippen molar-refractivity contribution in [1.82, 2.24) is 0 Å². The second-order valence-electron chi connectivity index (χ2n) is 5.88. The van der Waals surface area contributed by atoms with Gasteiger partial charge in [0.25, 0.3) is 0 Å². The number of benzene rings is 3. The van der Waals surface area contributed by atoms with Gasteiger partial charge in [0.1, 0.15) is 5.82 Å². The number of carbonyl (C=O) groups excluding carboxylic acids is 1. The number of hydrogen-bond acceptors (Lipinski definition) is 2. The van der Waals surface area contributed by atoms with E-state index in [4.69, 9.17) is 11.8 Å². The lowest BCUT2D eigenvalue weighted by Crippen LogP contribution is -2.29. The van der Waals surface area contributed by atoms with Crippen molar-refractivity contribution in [2.45, 2.75) is 12.6 Å². The highest BCUT2D eigenvalue weighted by Crippen LogP contribution is 2.49. The van der Waals surface area contributed by atoms with E-state index in [-0.39, 0.29) is 17.3 Å². The van der Waals surface area contributed by atoms with Gasteiger partial charge in [-0.05, 0) is 41.8 Å². The molecule has 25 heavy (non-hydrogen) atoms. The molecule has 1 atom stereocenters. The summed E-state index contributed by atoms with van der Waals surface area (Å²) in [5, 5.41) is 2.03. The summed E-state index contributed by atoms with van der Waals surface area (Å²) in [6.07, 6.45) is 0. The topological polar surface area (TPSA) is 17.1 Å². The fraction of sp³-hybridized carbons (Fsp3) is 0.0952. The van der Waals surface area contributed by atoms with E-state index in [1.165, 1.54) is 24.3 Å². The maximum atomic E-state index is 13.2. The van der Waals surface area contributed by atoms with Crippen LogP contribution in [0.4, 0.5) is 4.39 Å². The smallest absolute Gasteiger partial charge is 0.171 e. The quantitative estimate of drug-likeness (QED) is 0.486. The molecule has 4 heteroatoms. The molecular formula is C21H18FOPS. The maximum Gasteiger partial charge on any atom is 0.171 e. The molecule has 0 heterocycles. The van der Waals surface area contributed by atoms with Crippen LogP contribution in [0.2, 0.25) is 0 Å². The molecule has 3 rings (SSSR count). The number of rotatable bonds is 5. The van der Waals surface area contributed by atoms with Crippen molar-refractivity contribution in [1.29, 1.82) is 0 Å². The zero-order valence-electron chi connectivity index (χ0n) is 13.8. The molecule has 0 aliphatic rings. The average Bonchev–Trinajstić information content (AvgIpc) is 2.68. The third-order valence-corrected chi connectivity index (χ3v) is 10.0. The van der Waals surface area contributed by atoms with E-state index in [2.05, 4.69) is 0 Å². The van der Waals surface area contributed by atoms with Gasteiger partial charge >= 0.3 is 0 Å². The molecule has 0 aromatic heterocycles. The first-order valence-electron chi connectivity index (χ1n) is 8.04. The van der Waals surface area contributed by atoms with Crippen molar-refractivity contribution in [2.24, 2.45) is 0 Å². The highest BCUT2D eigenvalue weighted by Gasteiger charge is 2.34. The molecule has 3 aromatic rings. The Kier molecular flexibility index (Phi) is 5.27. The van der Waals surface area contributed by atoms with Crippen LogP contribution in [0, 0.1) is 5.82 Å². The molecule has 0 bridgehead atoms. The number of ketones is 1. The molecule has 0 aliphatic heterocycles. The lowest BCUT2D eigenvalue weighted by molar-refractivity contribution is 0.0992. The molecule has 126 valence electrons. The molecule has 3 aromatic carbocycles. The summed E-state index contributed by atoms with van der Waals surface area (Å²) in [7, 11) is 0. The SMILES string of the molecule is CC(C(=O)c1ccc(F)cc1)P(=S)(c1ccccc1)c1ccccc1. The van der Waals surface area contributed by atoms with Crippen LogP contribution in [0.5, 0.6) is 0 Å². The zero-order chi connectivity index (χ0) is 17.9. The van der Waals surface area contributed by atoms with E-state index < -0.39 is 6.04 Å². The second-order valence-corrected chi connectivity index (χ2v) is 10.7. The van der Waals surface area contributed by atoms with E-state index in [9.17, 15) is 9.18 Å². The molecule has 0 spiro atoms. The number of Topliss-reactive ketones (excluding diaryl/α,β-unsaturated/α-hetero) is 1. The van der Waals surface area contributed by atoms with Crippen molar-refractivity contribution in [2.75, 3.05) is 0 Å². The Morgan fingerprint density at radius 1 is 0.840 bits per heavy atom.